The van der Waals surface area contributed by atoms with E-state index in [4.69, 9.17) is 10.5 Å². The lowest BCUT2D eigenvalue weighted by atomic mass is 10.0. The summed E-state index contributed by atoms with van der Waals surface area (Å²) < 4.78 is 7.23. The molecule has 9 heteroatoms. The molecule has 2 atom stereocenters. The fourth-order valence-corrected chi connectivity index (χ4v) is 5.14. The molecule has 2 unspecified atom stereocenters. The van der Waals surface area contributed by atoms with Gasteiger partial charge in [-0.2, -0.15) is 0 Å². The summed E-state index contributed by atoms with van der Waals surface area (Å²) >= 11 is 6.99. The Morgan fingerprint density at radius 1 is 1.33 bits per heavy atom. The number of nitrogens with one attached hydrogen (secondary N) is 1. The van der Waals surface area contributed by atoms with E-state index in [1.165, 1.54) is 19.3 Å². The van der Waals surface area contributed by atoms with Crippen LogP contribution >= 0.6 is 31.9 Å². The van der Waals surface area contributed by atoms with Gasteiger partial charge in [-0.3, -0.25) is 4.79 Å². The van der Waals surface area contributed by atoms with Crippen LogP contribution in [-0.4, -0.2) is 55.7 Å². The second kappa shape index (κ2) is 13.4. The van der Waals surface area contributed by atoms with E-state index in [1.807, 2.05) is 12.1 Å². The molecule has 168 valence electrons. The maximum absolute atomic E-state index is 12.4. The molecule has 1 aromatic carbocycles. The van der Waals surface area contributed by atoms with Crippen molar-refractivity contribution < 1.29 is 9.53 Å². The van der Waals surface area contributed by atoms with Crippen LogP contribution in [0.4, 0.5) is 0 Å². The first-order valence-electron chi connectivity index (χ1n) is 10.6. The Morgan fingerprint density at radius 3 is 2.70 bits per heavy atom. The second-order valence-electron chi connectivity index (χ2n) is 7.73. The number of benzene rings is 1. The molecule has 7 nitrogen and oxygen atoms in total. The zero-order valence-corrected chi connectivity index (χ0v) is 20.7. The predicted molar refractivity (Wildman–Crippen MR) is 127 cm³/mol. The highest BCUT2D eigenvalue weighted by Gasteiger charge is 2.22. The Labute approximate surface area is 195 Å². The molecule has 3 N–H and O–H groups in total. The molecule has 1 aliphatic heterocycles. The number of rotatable bonds is 12. The summed E-state index contributed by atoms with van der Waals surface area (Å²) in [4.78, 5) is 26.2. The zero-order valence-electron chi connectivity index (χ0n) is 17.5. The summed E-state index contributed by atoms with van der Waals surface area (Å²) in [5, 5.41) is 5.92. The van der Waals surface area contributed by atoms with Crippen LogP contribution in [0.1, 0.15) is 44.6 Å². The highest BCUT2D eigenvalue weighted by molar-refractivity contribution is 9.11. The molecule has 0 spiro atoms. The molecule has 1 amide bonds. The molecule has 0 aromatic heterocycles. The van der Waals surface area contributed by atoms with Crippen LogP contribution in [0.2, 0.25) is 0 Å². The smallest absolute Gasteiger partial charge is 0.248 e. The molecule has 0 saturated carbocycles. The molecular formula is C21H32Br2N4O3. The van der Waals surface area contributed by atoms with E-state index in [0.717, 1.165) is 40.4 Å². The monoisotopic (exact) mass is 546 g/mol. The summed E-state index contributed by atoms with van der Waals surface area (Å²) in [5.74, 6) is 0.353. The van der Waals surface area contributed by atoms with Crippen LogP contribution in [-0.2, 0) is 11.2 Å². The number of ether oxygens (including phenoxy) is 1. The number of piperidine rings is 1. The van der Waals surface area contributed by atoms with E-state index >= 15 is 0 Å². The lowest BCUT2D eigenvalue weighted by Crippen LogP contribution is -2.40. The maximum Gasteiger partial charge on any atom is 0.248 e. The Balaban J connectivity index is 1.83. The number of carbonyl (C=O) groups is 1. The first-order chi connectivity index (χ1) is 14.5. The SMILES string of the molecule is CC1CCCCN1CCCNC(=O)C(Cc1cc(Br)c(OCCCN)c(Br)c1)N=O. The Hall–Kier alpha value is -1.03. The minimum Gasteiger partial charge on any atom is -0.491 e. The van der Waals surface area contributed by atoms with Gasteiger partial charge in [-0.25, -0.2) is 0 Å². The summed E-state index contributed by atoms with van der Waals surface area (Å²) in [6.07, 6.45) is 5.65. The fraction of sp³-hybridized carbons (Fsp3) is 0.667. The van der Waals surface area contributed by atoms with E-state index in [-0.39, 0.29) is 12.3 Å². The standard InChI is InChI=1S/C21H32Br2N4O3/c1-15-6-2-3-9-27(15)10-5-8-25-21(28)19(26-29)14-16-12-17(22)20(18(23)13-16)30-11-4-7-24/h12-13,15,19H,2-11,14,24H2,1H3,(H,25,28). The Kier molecular flexibility index (Phi) is 11.3. The van der Waals surface area contributed by atoms with Crippen molar-refractivity contribution in [2.24, 2.45) is 10.9 Å². The quantitative estimate of drug-likeness (QED) is 0.304. The molecule has 1 aliphatic rings. The highest BCUT2D eigenvalue weighted by Crippen LogP contribution is 2.35. The van der Waals surface area contributed by atoms with Crippen molar-refractivity contribution in [3.05, 3.63) is 31.5 Å². The third-order valence-corrected chi connectivity index (χ3v) is 6.55. The number of nitroso groups, excluding NO2 is 1. The number of nitrogens with two attached hydrogens (primary N) is 1. The van der Waals surface area contributed by atoms with Crippen molar-refractivity contribution in [1.29, 1.82) is 0 Å². The number of halogens is 2. The van der Waals surface area contributed by atoms with Crippen molar-refractivity contribution in [1.82, 2.24) is 10.2 Å². The van der Waals surface area contributed by atoms with Gasteiger partial charge in [0.05, 0.1) is 15.6 Å². The molecular weight excluding hydrogens is 516 g/mol. The zero-order chi connectivity index (χ0) is 21.9. The average Bonchev–Trinajstić information content (AvgIpc) is 2.72. The average molecular weight is 548 g/mol. The van der Waals surface area contributed by atoms with Crippen LogP contribution in [0.3, 0.4) is 0 Å². The van der Waals surface area contributed by atoms with E-state index in [0.29, 0.717) is 31.5 Å². The molecule has 1 heterocycles. The van der Waals surface area contributed by atoms with Gasteiger partial charge in [0.25, 0.3) is 0 Å². The van der Waals surface area contributed by atoms with Gasteiger partial charge in [-0.1, -0.05) is 11.6 Å². The van der Waals surface area contributed by atoms with Gasteiger partial charge in [0.15, 0.2) is 6.04 Å². The van der Waals surface area contributed by atoms with Gasteiger partial charge in [0.1, 0.15) is 5.75 Å². The van der Waals surface area contributed by atoms with E-state index in [1.54, 1.807) is 0 Å². The second-order valence-corrected chi connectivity index (χ2v) is 9.44. The summed E-state index contributed by atoms with van der Waals surface area (Å²) in [6, 6.07) is 3.36. The molecule has 2 rings (SSSR count). The third-order valence-electron chi connectivity index (χ3n) is 5.37. The molecule has 0 aliphatic carbocycles. The van der Waals surface area contributed by atoms with Crippen molar-refractivity contribution in [2.75, 3.05) is 32.8 Å². The fourth-order valence-electron chi connectivity index (χ4n) is 3.63. The summed E-state index contributed by atoms with van der Waals surface area (Å²) in [6.45, 7) is 5.98. The van der Waals surface area contributed by atoms with Gasteiger partial charge in [-0.05, 0) is 95.3 Å². The van der Waals surface area contributed by atoms with Crippen LogP contribution in [0.15, 0.2) is 26.3 Å². The van der Waals surface area contributed by atoms with Gasteiger partial charge in [-0.15, -0.1) is 4.91 Å². The lowest BCUT2D eigenvalue weighted by molar-refractivity contribution is -0.122. The van der Waals surface area contributed by atoms with E-state index in [2.05, 4.69) is 54.2 Å². The minimum absolute atomic E-state index is 0.235. The number of amides is 1. The number of carbonyl (C=O) groups excluding carboxylic acids is 1. The van der Waals surface area contributed by atoms with Crippen LogP contribution in [0.25, 0.3) is 0 Å². The Bertz CT molecular complexity index is 682. The molecule has 1 saturated heterocycles. The van der Waals surface area contributed by atoms with Gasteiger partial charge < -0.3 is 20.7 Å². The number of hydrogen-bond donors (Lipinski definition) is 2. The van der Waals surface area contributed by atoms with Crippen molar-refractivity contribution in [3.63, 3.8) is 0 Å². The van der Waals surface area contributed by atoms with Crippen molar-refractivity contribution in [2.45, 2.75) is 57.5 Å². The summed E-state index contributed by atoms with van der Waals surface area (Å²) in [5.41, 5.74) is 6.32. The third kappa shape index (κ3) is 7.90. The number of nitrogens with zero attached hydrogens (tertiary/aromatic N) is 2. The van der Waals surface area contributed by atoms with Gasteiger partial charge in [0.2, 0.25) is 5.91 Å². The van der Waals surface area contributed by atoms with Gasteiger partial charge >= 0.3 is 0 Å². The van der Waals surface area contributed by atoms with Crippen molar-refractivity contribution >= 4 is 37.8 Å². The molecule has 0 bridgehead atoms. The number of hydrogen-bond acceptors (Lipinski definition) is 6. The van der Waals surface area contributed by atoms with Crippen LogP contribution in [0.5, 0.6) is 5.75 Å². The number of likely N-dealkylation sites (tertiary alicyclic amines) is 1. The van der Waals surface area contributed by atoms with E-state index in [9.17, 15) is 9.70 Å². The van der Waals surface area contributed by atoms with Gasteiger partial charge in [0, 0.05) is 25.6 Å². The lowest BCUT2D eigenvalue weighted by Gasteiger charge is -2.33. The molecule has 30 heavy (non-hydrogen) atoms. The normalized spacial score (nSPS) is 18.1. The molecule has 0 radical (unpaired) electrons. The largest absolute Gasteiger partial charge is 0.491 e. The van der Waals surface area contributed by atoms with Crippen LogP contribution in [0, 0.1) is 4.91 Å². The highest BCUT2D eigenvalue weighted by atomic mass is 79.9. The van der Waals surface area contributed by atoms with E-state index < -0.39 is 6.04 Å². The summed E-state index contributed by atoms with van der Waals surface area (Å²) in [7, 11) is 0. The minimum atomic E-state index is -0.957. The topological polar surface area (TPSA) is 97.0 Å². The first-order valence-corrected chi connectivity index (χ1v) is 12.2. The van der Waals surface area contributed by atoms with Crippen molar-refractivity contribution in [3.8, 4) is 5.75 Å². The maximum atomic E-state index is 12.4. The Morgan fingerprint density at radius 2 is 2.07 bits per heavy atom. The first kappa shape index (κ1) is 25.2. The predicted octanol–water partition coefficient (Wildman–Crippen LogP) is 4.00. The molecule has 1 aromatic rings. The molecule has 1 fully saturated rings. The van der Waals surface area contributed by atoms with Crippen LogP contribution < -0.4 is 15.8 Å².